The van der Waals surface area contributed by atoms with Crippen LogP contribution in [0.3, 0.4) is 0 Å². The number of amides is 1. The lowest BCUT2D eigenvalue weighted by Crippen LogP contribution is -2.44. The second-order valence-corrected chi connectivity index (χ2v) is 10.0. The van der Waals surface area contributed by atoms with Crippen LogP contribution < -0.4 is 10.0 Å². The van der Waals surface area contributed by atoms with Gasteiger partial charge in [-0.2, -0.15) is 0 Å². The Labute approximate surface area is 183 Å². The SMILES string of the molecule is Cc1ccc(S(=O)(=O)NC(=O)C(NC2CCCCC2)c2ccc3ccccc3c2)cc1. The lowest BCUT2D eigenvalue weighted by molar-refractivity contribution is -0.121. The van der Waals surface area contributed by atoms with Crippen molar-refractivity contribution < 1.29 is 13.2 Å². The molecule has 1 aliphatic carbocycles. The molecule has 1 fully saturated rings. The summed E-state index contributed by atoms with van der Waals surface area (Å²) in [7, 11) is -3.95. The van der Waals surface area contributed by atoms with Crippen molar-refractivity contribution in [1.82, 2.24) is 10.0 Å². The molecular weight excluding hydrogens is 408 g/mol. The van der Waals surface area contributed by atoms with Gasteiger partial charge < -0.3 is 0 Å². The van der Waals surface area contributed by atoms with Crippen molar-refractivity contribution in [3.63, 3.8) is 0 Å². The summed E-state index contributed by atoms with van der Waals surface area (Å²) < 4.78 is 28.0. The summed E-state index contributed by atoms with van der Waals surface area (Å²) in [5, 5.41) is 5.54. The van der Waals surface area contributed by atoms with E-state index in [0.29, 0.717) is 0 Å². The average molecular weight is 437 g/mol. The van der Waals surface area contributed by atoms with Crippen LogP contribution in [0.2, 0.25) is 0 Å². The first kappa shape index (κ1) is 21.5. The molecule has 3 aromatic carbocycles. The minimum atomic E-state index is -3.95. The van der Waals surface area contributed by atoms with Crippen molar-refractivity contribution in [2.24, 2.45) is 0 Å². The third-order valence-electron chi connectivity index (χ3n) is 5.94. The van der Waals surface area contributed by atoms with Crippen molar-refractivity contribution >= 4 is 26.7 Å². The third-order valence-corrected chi connectivity index (χ3v) is 7.31. The maximum absolute atomic E-state index is 13.3. The summed E-state index contributed by atoms with van der Waals surface area (Å²) in [6, 6.07) is 19.7. The fraction of sp³-hybridized carbons (Fsp3) is 0.320. The highest BCUT2D eigenvalue weighted by Crippen LogP contribution is 2.25. The van der Waals surface area contributed by atoms with Crippen LogP contribution in [-0.2, 0) is 14.8 Å². The molecule has 1 unspecified atom stereocenters. The van der Waals surface area contributed by atoms with E-state index in [2.05, 4.69) is 10.0 Å². The van der Waals surface area contributed by atoms with Gasteiger partial charge in [-0.3, -0.25) is 10.1 Å². The molecule has 1 amide bonds. The number of hydrogen-bond acceptors (Lipinski definition) is 4. The fourth-order valence-electron chi connectivity index (χ4n) is 4.18. The minimum Gasteiger partial charge on any atom is -0.299 e. The van der Waals surface area contributed by atoms with Gasteiger partial charge in [0, 0.05) is 6.04 Å². The predicted octanol–water partition coefficient (Wildman–Crippen LogP) is 4.62. The maximum Gasteiger partial charge on any atom is 0.264 e. The van der Waals surface area contributed by atoms with Crippen molar-refractivity contribution in [3.05, 3.63) is 77.9 Å². The monoisotopic (exact) mass is 436 g/mol. The molecule has 31 heavy (non-hydrogen) atoms. The molecule has 6 heteroatoms. The fourth-order valence-corrected chi connectivity index (χ4v) is 5.18. The topological polar surface area (TPSA) is 75.3 Å². The molecule has 0 aliphatic heterocycles. The Morgan fingerprint density at radius 1 is 0.903 bits per heavy atom. The summed E-state index contributed by atoms with van der Waals surface area (Å²) in [6.07, 6.45) is 5.41. The van der Waals surface area contributed by atoms with Gasteiger partial charge >= 0.3 is 0 Å². The Morgan fingerprint density at radius 2 is 1.58 bits per heavy atom. The lowest BCUT2D eigenvalue weighted by Gasteiger charge is -2.28. The van der Waals surface area contributed by atoms with Gasteiger partial charge in [0.1, 0.15) is 6.04 Å². The second kappa shape index (κ2) is 9.20. The molecule has 0 heterocycles. The largest absolute Gasteiger partial charge is 0.299 e. The molecule has 4 rings (SSSR count). The number of benzene rings is 3. The summed E-state index contributed by atoms with van der Waals surface area (Å²) in [6.45, 7) is 1.89. The Bertz CT molecular complexity index is 1170. The van der Waals surface area contributed by atoms with Crippen LogP contribution in [0.5, 0.6) is 0 Å². The number of sulfonamides is 1. The number of carbonyl (C=O) groups is 1. The highest BCUT2D eigenvalue weighted by atomic mass is 32.2. The smallest absolute Gasteiger partial charge is 0.264 e. The molecule has 0 radical (unpaired) electrons. The van der Waals surface area contributed by atoms with Gasteiger partial charge in [0.25, 0.3) is 15.9 Å². The van der Waals surface area contributed by atoms with Crippen LogP contribution in [-0.4, -0.2) is 20.4 Å². The zero-order chi connectivity index (χ0) is 21.8. The Kier molecular flexibility index (Phi) is 6.39. The highest BCUT2D eigenvalue weighted by molar-refractivity contribution is 7.90. The molecule has 1 saturated carbocycles. The van der Waals surface area contributed by atoms with E-state index < -0.39 is 22.0 Å². The number of hydrogen-bond donors (Lipinski definition) is 2. The van der Waals surface area contributed by atoms with Crippen LogP contribution in [0, 0.1) is 6.92 Å². The van der Waals surface area contributed by atoms with Crippen molar-refractivity contribution in [3.8, 4) is 0 Å². The Hall–Kier alpha value is -2.70. The predicted molar refractivity (Wildman–Crippen MR) is 123 cm³/mol. The molecule has 5 nitrogen and oxygen atoms in total. The zero-order valence-electron chi connectivity index (χ0n) is 17.7. The third kappa shape index (κ3) is 5.14. The zero-order valence-corrected chi connectivity index (χ0v) is 18.5. The van der Waals surface area contributed by atoms with Gasteiger partial charge in [0.15, 0.2) is 0 Å². The number of carbonyl (C=O) groups excluding carboxylic acids is 1. The summed E-state index contributed by atoms with van der Waals surface area (Å²) >= 11 is 0. The van der Waals surface area contributed by atoms with Crippen molar-refractivity contribution in [2.45, 2.75) is 56.0 Å². The van der Waals surface area contributed by atoms with Crippen LogP contribution in [0.4, 0.5) is 0 Å². The minimum absolute atomic E-state index is 0.0846. The number of nitrogens with one attached hydrogen (secondary N) is 2. The number of rotatable bonds is 6. The molecule has 1 aliphatic rings. The summed E-state index contributed by atoms with van der Waals surface area (Å²) in [4.78, 5) is 13.3. The maximum atomic E-state index is 13.3. The molecule has 3 aromatic rings. The van der Waals surface area contributed by atoms with E-state index in [1.165, 1.54) is 18.6 Å². The summed E-state index contributed by atoms with van der Waals surface area (Å²) in [5.41, 5.74) is 1.72. The molecule has 162 valence electrons. The average Bonchev–Trinajstić information content (AvgIpc) is 2.78. The van der Waals surface area contributed by atoms with Gasteiger partial charge in [-0.05, 0) is 54.3 Å². The second-order valence-electron chi connectivity index (χ2n) is 8.32. The Balaban J connectivity index is 1.63. The van der Waals surface area contributed by atoms with E-state index in [-0.39, 0.29) is 10.9 Å². The van der Waals surface area contributed by atoms with Gasteiger partial charge in [-0.15, -0.1) is 0 Å². The molecule has 0 saturated heterocycles. The first-order valence-electron chi connectivity index (χ1n) is 10.8. The molecule has 1 atom stereocenters. The van der Waals surface area contributed by atoms with Gasteiger partial charge in [-0.25, -0.2) is 13.1 Å². The van der Waals surface area contributed by atoms with Crippen LogP contribution >= 0.6 is 0 Å². The normalized spacial score (nSPS) is 16.2. The first-order valence-corrected chi connectivity index (χ1v) is 12.3. The number of fused-ring (bicyclic) bond motifs is 1. The number of aryl methyl sites for hydroxylation is 1. The van der Waals surface area contributed by atoms with Gasteiger partial charge in [0.05, 0.1) is 4.90 Å². The van der Waals surface area contributed by atoms with E-state index in [4.69, 9.17) is 0 Å². The molecule has 2 N–H and O–H groups in total. The highest BCUT2D eigenvalue weighted by Gasteiger charge is 2.28. The van der Waals surface area contributed by atoms with E-state index in [1.54, 1.807) is 12.1 Å². The van der Waals surface area contributed by atoms with E-state index in [0.717, 1.165) is 47.6 Å². The standard InChI is InChI=1S/C25H28N2O3S/c1-18-11-15-23(16-12-18)31(29,30)27-25(28)24(26-22-9-3-2-4-10-22)21-14-13-19-7-5-6-8-20(19)17-21/h5-8,11-17,22,24,26H,2-4,9-10H2,1H3,(H,27,28). The van der Waals surface area contributed by atoms with E-state index in [9.17, 15) is 13.2 Å². The lowest BCUT2D eigenvalue weighted by atomic mass is 9.93. The molecule has 0 spiro atoms. The van der Waals surface area contributed by atoms with Crippen LogP contribution in [0.15, 0.2) is 71.6 Å². The quantitative estimate of drug-likeness (QED) is 0.591. The molecule has 0 bridgehead atoms. The van der Waals surface area contributed by atoms with Crippen LogP contribution in [0.25, 0.3) is 10.8 Å². The van der Waals surface area contributed by atoms with Crippen molar-refractivity contribution in [2.75, 3.05) is 0 Å². The van der Waals surface area contributed by atoms with E-state index >= 15 is 0 Å². The van der Waals surface area contributed by atoms with Crippen LogP contribution in [0.1, 0.15) is 49.3 Å². The first-order chi connectivity index (χ1) is 14.9. The Morgan fingerprint density at radius 3 is 2.29 bits per heavy atom. The molecule has 0 aromatic heterocycles. The van der Waals surface area contributed by atoms with Gasteiger partial charge in [0.2, 0.25) is 0 Å². The van der Waals surface area contributed by atoms with E-state index in [1.807, 2.05) is 49.4 Å². The molecular formula is C25H28N2O3S. The van der Waals surface area contributed by atoms with Crippen molar-refractivity contribution in [1.29, 1.82) is 0 Å². The van der Waals surface area contributed by atoms with Gasteiger partial charge in [-0.1, -0.05) is 73.4 Å². The summed E-state index contributed by atoms with van der Waals surface area (Å²) in [5.74, 6) is -0.554.